The van der Waals surface area contributed by atoms with E-state index in [2.05, 4.69) is 0 Å². The smallest absolute Gasteiger partial charge is 0.408 e. The number of aryl methyl sites for hydroxylation is 1. The number of thiophene rings is 1. The van der Waals surface area contributed by atoms with E-state index in [4.69, 9.17) is 27.6 Å². The van der Waals surface area contributed by atoms with Crippen LogP contribution in [-0.4, -0.2) is 9.67 Å². The molecular formula is C13H9Cl2NO3S. The number of rotatable bonds is 2. The summed E-state index contributed by atoms with van der Waals surface area (Å²) in [7, 11) is 1.62. The van der Waals surface area contributed by atoms with E-state index < -0.39 is 11.9 Å². The Hall–Kier alpha value is -1.27. The summed E-state index contributed by atoms with van der Waals surface area (Å²) in [5.41, 5.74) is 2.22. The first kappa shape index (κ1) is 13.7. The number of nitrogens with zero attached hydrogens (tertiary/aromatic N) is 1. The van der Waals surface area contributed by atoms with Crippen LogP contribution >= 0.6 is 34.5 Å². The first-order chi connectivity index (χ1) is 9.47. The summed E-state index contributed by atoms with van der Waals surface area (Å²) in [6, 6.07) is 6.71. The van der Waals surface area contributed by atoms with Crippen molar-refractivity contribution in [2.75, 3.05) is 0 Å². The lowest BCUT2D eigenvalue weighted by molar-refractivity contribution is 0.221. The average Bonchev–Trinajstić information content (AvgIpc) is 2.89. The Balaban J connectivity index is 2.10. The van der Waals surface area contributed by atoms with Gasteiger partial charge in [-0.05, 0) is 23.8 Å². The van der Waals surface area contributed by atoms with Gasteiger partial charge in [-0.1, -0.05) is 29.3 Å². The van der Waals surface area contributed by atoms with Crippen molar-refractivity contribution in [1.82, 2.24) is 4.57 Å². The Labute approximate surface area is 127 Å². The van der Waals surface area contributed by atoms with Gasteiger partial charge in [0.15, 0.2) is 5.58 Å². The second kappa shape index (κ2) is 4.93. The zero-order valence-corrected chi connectivity index (χ0v) is 12.6. The van der Waals surface area contributed by atoms with Crippen LogP contribution in [0, 0.1) is 0 Å². The van der Waals surface area contributed by atoms with E-state index in [0.717, 1.165) is 0 Å². The van der Waals surface area contributed by atoms with Crippen LogP contribution in [0.2, 0.25) is 8.67 Å². The number of halogens is 2. The number of aliphatic hydroxyl groups is 1. The van der Waals surface area contributed by atoms with Gasteiger partial charge >= 0.3 is 5.76 Å². The number of fused-ring (bicyclic) bond motifs is 1. The van der Waals surface area contributed by atoms with Crippen LogP contribution in [0.5, 0.6) is 0 Å². The molecule has 0 radical (unpaired) electrons. The van der Waals surface area contributed by atoms with Crippen molar-refractivity contribution in [1.29, 1.82) is 0 Å². The number of aromatic nitrogens is 1. The molecule has 0 amide bonds. The highest BCUT2D eigenvalue weighted by atomic mass is 35.5. The summed E-state index contributed by atoms with van der Waals surface area (Å²) in [5.74, 6) is -0.441. The number of oxazole rings is 1. The Kier molecular flexibility index (Phi) is 3.38. The molecule has 0 saturated heterocycles. The van der Waals surface area contributed by atoms with Crippen LogP contribution in [0.4, 0.5) is 0 Å². The molecule has 1 aromatic carbocycles. The molecule has 0 aliphatic carbocycles. The molecule has 1 atom stereocenters. The van der Waals surface area contributed by atoms with Gasteiger partial charge < -0.3 is 9.52 Å². The molecule has 1 N–H and O–H groups in total. The fourth-order valence-electron chi connectivity index (χ4n) is 2.04. The molecule has 0 fully saturated rings. The van der Waals surface area contributed by atoms with Crippen LogP contribution < -0.4 is 5.76 Å². The molecule has 0 spiro atoms. The van der Waals surface area contributed by atoms with E-state index in [0.29, 0.717) is 30.9 Å². The molecular weight excluding hydrogens is 321 g/mol. The lowest BCUT2D eigenvalue weighted by atomic mass is 10.0. The molecule has 7 heteroatoms. The maximum atomic E-state index is 11.4. The highest BCUT2D eigenvalue weighted by molar-refractivity contribution is 7.20. The Morgan fingerprint density at radius 3 is 2.75 bits per heavy atom. The number of hydrogen-bond donors (Lipinski definition) is 1. The summed E-state index contributed by atoms with van der Waals surface area (Å²) in [4.78, 5) is 11.4. The first-order valence-electron chi connectivity index (χ1n) is 5.69. The molecule has 0 aliphatic rings. The molecule has 2 heterocycles. The molecule has 4 nitrogen and oxygen atoms in total. The minimum Gasteiger partial charge on any atom is -0.408 e. The fourth-order valence-corrected chi connectivity index (χ4v) is 3.56. The standard InChI is InChI=1S/C13H9Cl2NO3S/c1-16-8-3-2-6(4-9(8)19-13(16)18)11(17)7-5-10(14)20-12(7)15/h2-5,11,17H,1H3. The Bertz CT molecular complexity index is 849. The maximum Gasteiger partial charge on any atom is 0.419 e. The second-order valence-electron chi connectivity index (χ2n) is 4.34. The summed E-state index contributed by atoms with van der Waals surface area (Å²) in [6.45, 7) is 0. The van der Waals surface area contributed by atoms with E-state index in [1.54, 1.807) is 31.3 Å². The van der Waals surface area contributed by atoms with Gasteiger partial charge in [-0.25, -0.2) is 4.79 Å². The van der Waals surface area contributed by atoms with Crippen molar-refractivity contribution < 1.29 is 9.52 Å². The predicted molar refractivity (Wildman–Crippen MR) is 79.9 cm³/mol. The summed E-state index contributed by atoms with van der Waals surface area (Å²) >= 11 is 13.1. The normalized spacial score (nSPS) is 13.0. The lowest BCUT2D eigenvalue weighted by Crippen LogP contribution is -2.08. The summed E-state index contributed by atoms with van der Waals surface area (Å²) in [5, 5.41) is 10.4. The van der Waals surface area contributed by atoms with Crippen LogP contribution in [0.15, 0.2) is 33.5 Å². The van der Waals surface area contributed by atoms with Crippen LogP contribution in [0.1, 0.15) is 17.2 Å². The molecule has 3 rings (SSSR count). The van der Waals surface area contributed by atoms with Crippen molar-refractivity contribution in [3.8, 4) is 0 Å². The molecule has 1 unspecified atom stereocenters. The molecule has 0 saturated carbocycles. The van der Waals surface area contributed by atoms with Crippen LogP contribution in [0.25, 0.3) is 11.1 Å². The quantitative estimate of drug-likeness (QED) is 0.781. The van der Waals surface area contributed by atoms with E-state index in [1.807, 2.05) is 0 Å². The first-order valence-corrected chi connectivity index (χ1v) is 7.27. The molecule has 3 aromatic rings. The maximum absolute atomic E-state index is 11.4. The van der Waals surface area contributed by atoms with Crippen molar-refractivity contribution in [2.45, 2.75) is 6.10 Å². The molecule has 0 aliphatic heterocycles. The minimum atomic E-state index is -0.916. The van der Waals surface area contributed by atoms with Gasteiger partial charge in [0.25, 0.3) is 0 Å². The van der Waals surface area contributed by atoms with Crippen molar-refractivity contribution in [3.05, 3.63) is 54.6 Å². The lowest BCUT2D eigenvalue weighted by Gasteiger charge is -2.09. The third-order valence-electron chi connectivity index (χ3n) is 3.11. The zero-order chi connectivity index (χ0) is 14.4. The monoisotopic (exact) mass is 329 g/mol. The Morgan fingerprint density at radius 1 is 1.35 bits per heavy atom. The van der Waals surface area contributed by atoms with E-state index in [1.165, 1.54) is 15.9 Å². The highest BCUT2D eigenvalue weighted by Crippen LogP contribution is 2.37. The largest absolute Gasteiger partial charge is 0.419 e. The molecule has 104 valence electrons. The van der Waals surface area contributed by atoms with Gasteiger partial charge in [-0.3, -0.25) is 4.57 Å². The predicted octanol–water partition coefficient (Wildman–Crippen LogP) is 3.58. The third kappa shape index (κ3) is 2.16. The molecule has 20 heavy (non-hydrogen) atoms. The van der Waals surface area contributed by atoms with E-state index >= 15 is 0 Å². The molecule has 0 bridgehead atoms. The third-order valence-corrected chi connectivity index (χ3v) is 4.63. The number of benzene rings is 1. The average molecular weight is 330 g/mol. The zero-order valence-electron chi connectivity index (χ0n) is 10.3. The van der Waals surface area contributed by atoms with E-state index in [9.17, 15) is 9.90 Å². The van der Waals surface area contributed by atoms with Gasteiger partial charge in [0.2, 0.25) is 0 Å². The van der Waals surface area contributed by atoms with Crippen molar-refractivity contribution in [3.63, 3.8) is 0 Å². The van der Waals surface area contributed by atoms with Gasteiger partial charge in [-0.2, -0.15) is 0 Å². The van der Waals surface area contributed by atoms with Gasteiger partial charge in [0.05, 0.1) is 9.85 Å². The van der Waals surface area contributed by atoms with Crippen molar-refractivity contribution >= 4 is 45.6 Å². The molecule has 2 aromatic heterocycles. The summed E-state index contributed by atoms with van der Waals surface area (Å²) < 4.78 is 7.46. The highest BCUT2D eigenvalue weighted by Gasteiger charge is 2.18. The number of hydrogen-bond acceptors (Lipinski definition) is 4. The van der Waals surface area contributed by atoms with E-state index in [-0.39, 0.29) is 0 Å². The number of aliphatic hydroxyl groups excluding tert-OH is 1. The second-order valence-corrected chi connectivity index (χ2v) is 6.62. The minimum absolute atomic E-state index is 0.423. The fraction of sp³-hybridized carbons (Fsp3) is 0.154. The topological polar surface area (TPSA) is 55.4 Å². The van der Waals surface area contributed by atoms with Gasteiger partial charge in [0, 0.05) is 12.6 Å². The van der Waals surface area contributed by atoms with Gasteiger partial charge in [0.1, 0.15) is 10.4 Å². The Morgan fingerprint density at radius 2 is 2.10 bits per heavy atom. The summed E-state index contributed by atoms with van der Waals surface area (Å²) in [6.07, 6.45) is -0.916. The van der Waals surface area contributed by atoms with Gasteiger partial charge in [-0.15, -0.1) is 11.3 Å². The van der Waals surface area contributed by atoms with Crippen LogP contribution in [-0.2, 0) is 7.05 Å². The SMILES string of the molecule is Cn1c(=O)oc2cc(C(O)c3cc(Cl)sc3Cl)ccc21. The van der Waals surface area contributed by atoms with Crippen molar-refractivity contribution in [2.24, 2.45) is 7.05 Å². The van der Waals surface area contributed by atoms with Crippen LogP contribution in [0.3, 0.4) is 0 Å².